The van der Waals surface area contributed by atoms with E-state index in [0.29, 0.717) is 0 Å². The number of aromatic amines is 1. The number of nitrogens with one attached hydrogen (secondary N) is 3. The first-order valence-corrected chi connectivity index (χ1v) is 8.08. The average molecular weight is 362 g/mol. The zero-order valence-corrected chi connectivity index (χ0v) is 14.2. The van der Waals surface area contributed by atoms with Crippen molar-refractivity contribution in [1.82, 2.24) is 15.6 Å². The van der Waals surface area contributed by atoms with Crippen molar-refractivity contribution in [3.05, 3.63) is 36.0 Å². The number of H-pyrrole nitrogens is 1. The lowest BCUT2D eigenvalue weighted by atomic mass is 10.0. The highest BCUT2D eigenvalue weighted by atomic mass is 16.4. The van der Waals surface area contributed by atoms with Crippen molar-refractivity contribution >= 4 is 28.7 Å². The summed E-state index contributed by atoms with van der Waals surface area (Å²) in [6.45, 7) is 0.753. The van der Waals surface area contributed by atoms with Gasteiger partial charge in [0.15, 0.2) is 0 Å². The maximum atomic E-state index is 12.5. The van der Waals surface area contributed by atoms with Crippen LogP contribution in [0.4, 0.5) is 0 Å². The highest BCUT2D eigenvalue weighted by molar-refractivity contribution is 5.92. The SMILES string of the molecule is CC(NC(=O)C(Cc1c[nH]c2ccccc12)NC(=O)C(N)CO)C(=O)O. The summed E-state index contributed by atoms with van der Waals surface area (Å²) in [5.41, 5.74) is 7.14. The maximum Gasteiger partial charge on any atom is 0.325 e. The van der Waals surface area contributed by atoms with Gasteiger partial charge in [-0.1, -0.05) is 18.2 Å². The number of aliphatic hydroxyl groups is 1. The van der Waals surface area contributed by atoms with Gasteiger partial charge in [0.05, 0.1) is 6.61 Å². The summed E-state index contributed by atoms with van der Waals surface area (Å²) in [6.07, 6.45) is 1.86. The van der Waals surface area contributed by atoms with E-state index in [4.69, 9.17) is 15.9 Å². The maximum absolute atomic E-state index is 12.5. The van der Waals surface area contributed by atoms with Crippen LogP contribution in [0.3, 0.4) is 0 Å². The molecule has 1 aromatic carbocycles. The number of carboxylic acid groups (broad SMARTS) is 1. The molecule has 0 spiro atoms. The minimum absolute atomic E-state index is 0.131. The Bertz CT molecular complexity index is 803. The van der Waals surface area contributed by atoms with Crippen LogP contribution in [-0.4, -0.2) is 57.7 Å². The van der Waals surface area contributed by atoms with Crippen LogP contribution >= 0.6 is 0 Å². The number of aromatic nitrogens is 1. The number of aliphatic carboxylic acids is 1. The molecule has 2 amide bonds. The molecule has 1 aromatic heterocycles. The number of rotatable bonds is 8. The van der Waals surface area contributed by atoms with E-state index in [0.717, 1.165) is 16.5 Å². The lowest BCUT2D eigenvalue weighted by Crippen LogP contribution is -2.55. The summed E-state index contributed by atoms with van der Waals surface area (Å²) in [5.74, 6) is -2.54. The zero-order valence-electron chi connectivity index (χ0n) is 14.2. The molecule has 0 aliphatic carbocycles. The first-order valence-electron chi connectivity index (χ1n) is 8.08. The van der Waals surface area contributed by atoms with Crippen LogP contribution in [0.2, 0.25) is 0 Å². The molecule has 0 aliphatic rings. The highest BCUT2D eigenvalue weighted by Gasteiger charge is 2.27. The van der Waals surface area contributed by atoms with Gasteiger partial charge < -0.3 is 31.6 Å². The monoisotopic (exact) mass is 362 g/mol. The number of hydrogen-bond acceptors (Lipinski definition) is 5. The van der Waals surface area contributed by atoms with Crippen molar-refractivity contribution in [3.63, 3.8) is 0 Å². The number of para-hydroxylation sites is 1. The second kappa shape index (κ2) is 8.45. The number of benzene rings is 1. The Morgan fingerprint density at radius 3 is 2.54 bits per heavy atom. The molecule has 140 valence electrons. The van der Waals surface area contributed by atoms with E-state index in [1.54, 1.807) is 6.20 Å². The normalized spacial score (nSPS) is 14.4. The Balaban J connectivity index is 2.23. The zero-order chi connectivity index (χ0) is 19.3. The topological polar surface area (TPSA) is 158 Å². The smallest absolute Gasteiger partial charge is 0.325 e. The van der Waals surface area contributed by atoms with Gasteiger partial charge in [-0.15, -0.1) is 0 Å². The Labute approximate surface area is 149 Å². The second-order valence-corrected chi connectivity index (χ2v) is 5.98. The van der Waals surface area contributed by atoms with E-state index in [1.807, 2.05) is 24.3 Å². The van der Waals surface area contributed by atoms with Crippen LogP contribution in [0.1, 0.15) is 12.5 Å². The van der Waals surface area contributed by atoms with Crippen molar-refractivity contribution in [2.75, 3.05) is 6.61 Å². The van der Waals surface area contributed by atoms with Crippen LogP contribution in [-0.2, 0) is 20.8 Å². The quantitative estimate of drug-likeness (QED) is 0.357. The molecule has 7 N–H and O–H groups in total. The van der Waals surface area contributed by atoms with Gasteiger partial charge in [-0.3, -0.25) is 14.4 Å². The molecule has 0 saturated carbocycles. The summed E-state index contributed by atoms with van der Waals surface area (Å²) in [7, 11) is 0. The molecule has 0 radical (unpaired) electrons. The van der Waals surface area contributed by atoms with Gasteiger partial charge in [-0.25, -0.2) is 0 Å². The third-order valence-electron chi connectivity index (χ3n) is 3.99. The van der Waals surface area contributed by atoms with Crippen molar-refractivity contribution in [1.29, 1.82) is 0 Å². The van der Waals surface area contributed by atoms with E-state index in [2.05, 4.69) is 15.6 Å². The molecule has 3 unspecified atom stereocenters. The van der Waals surface area contributed by atoms with Crippen molar-refractivity contribution in [2.45, 2.75) is 31.5 Å². The van der Waals surface area contributed by atoms with Crippen LogP contribution in [0.15, 0.2) is 30.5 Å². The molecular weight excluding hydrogens is 340 g/mol. The van der Waals surface area contributed by atoms with Crippen LogP contribution < -0.4 is 16.4 Å². The lowest BCUT2D eigenvalue weighted by Gasteiger charge is -2.21. The van der Waals surface area contributed by atoms with E-state index in [1.165, 1.54) is 6.92 Å². The molecule has 0 aliphatic heterocycles. The number of carbonyl (C=O) groups is 3. The van der Waals surface area contributed by atoms with Gasteiger partial charge in [0.2, 0.25) is 11.8 Å². The number of aliphatic hydroxyl groups excluding tert-OH is 1. The number of hydrogen-bond donors (Lipinski definition) is 6. The van der Waals surface area contributed by atoms with Crippen molar-refractivity contribution in [3.8, 4) is 0 Å². The predicted molar refractivity (Wildman–Crippen MR) is 94.2 cm³/mol. The fraction of sp³-hybridized carbons (Fsp3) is 0.353. The van der Waals surface area contributed by atoms with Crippen molar-refractivity contribution in [2.24, 2.45) is 5.73 Å². The predicted octanol–water partition coefficient (Wildman–Crippen LogP) is -0.896. The van der Waals surface area contributed by atoms with Crippen LogP contribution in [0.25, 0.3) is 10.9 Å². The minimum Gasteiger partial charge on any atom is -0.480 e. The van der Waals surface area contributed by atoms with Gasteiger partial charge in [0, 0.05) is 23.5 Å². The van der Waals surface area contributed by atoms with Gasteiger partial charge in [0.25, 0.3) is 0 Å². The molecular formula is C17H22N4O5. The number of nitrogens with two attached hydrogens (primary N) is 1. The van der Waals surface area contributed by atoms with Gasteiger partial charge >= 0.3 is 5.97 Å². The van der Waals surface area contributed by atoms with E-state index in [9.17, 15) is 14.4 Å². The van der Waals surface area contributed by atoms with Gasteiger partial charge in [-0.05, 0) is 18.6 Å². The lowest BCUT2D eigenvalue weighted by molar-refractivity contribution is -0.141. The average Bonchev–Trinajstić information content (AvgIpc) is 3.03. The Kier molecular flexibility index (Phi) is 6.31. The standard InChI is InChI=1S/C17H22N4O5/c1-9(17(25)26)20-16(24)14(21-15(23)12(18)8-22)6-10-7-19-13-5-3-2-4-11(10)13/h2-5,7,9,12,14,19,22H,6,8,18H2,1H3,(H,20,24)(H,21,23)(H,25,26). The molecule has 2 rings (SSSR count). The molecule has 26 heavy (non-hydrogen) atoms. The van der Waals surface area contributed by atoms with E-state index in [-0.39, 0.29) is 6.42 Å². The van der Waals surface area contributed by atoms with Crippen LogP contribution in [0.5, 0.6) is 0 Å². The summed E-state index contributed by atoms with van der Waals surface area (Å²) in [6, 6.07) is 4.13. The Morgan fingerprint density at radius 1 is 1.19 bits per heavy atom. The van der Waals surface area contributed by atoms with Gasteiger partial charge in [0.1, 0.15) is 18.1 Å². The summed E-state index contributed by atoms with van der Waals surface area (Å²) >= 11 is 0. The third kappa shape index (κ3) is 4.58. The first-order chi connectivity index (χ1) is 12.3. The minimum atomic E-state index is -1.19. The number of fused-ring (bicyclic) bond motifs is 1. The summed E-state index contributed by atoms with van der Waals surface area (Å²) in [5, 5.41) is 23.7. The largest absolute Gasteiger partial charge is 0.480 e. The van der Waals surface area contributed by atoms with Crippen molar-refractivity contribution < 1.29 is 24.6 Å². The Hall–Kier alpha value is -2.91. The number of carbonyl (C=O) groups excluding carboxylic acids is 2. The fourth-order valence-corrected chi connectivity index (χ4v) is 2.47. The molecule has 0 bridgehead atoms. The molecule has 0 fully saturated rings. The van der Waals surface area contributed by atoms with Gasteiger partial charge in [-0.2, -0.15) is 0 Å². The molecule has 9 heteroatoms. The van der Waals surface area contributed by atoms with E-state index < -0.39 is 42.5 Å². The number of carboxylic acids is 1. The Morgan fingerprint density at radius 2 is 1.88 bits per heavy atom. The molecule has 2 aromatic rings. The second-order valence-electron chi connectivity index (χ2n) is 5.98. The molecule has 1 heterocycles. The van der Waals surface area contributed by atoms with E-state index >= 15 is 0 Å². The molecule has 0 saturated heterocycles. The molecule has 3 atom stereocenters. The summed E-state index contributed by atoms with van der Waals surface area (Å²) < 4.78 is 0. The fourth-order valence-electron chi connectivity index (χ4n) is 2.47. The summed E-state index contributed by atoms with van der Waals surface area (Å²) in [4.78, 5) is 38.5. The first kappa shape index (κ1) is 19.4. The van der Waals surface area contributed by atoms with Crippen LogP contribution in [0, 0.1) is 0 Å². The number of amides is 2. The third-order valence-corrected chi connectivity index (χ3v) is 3.99. The molecule has 9 nitrogen and oxygen atoms in total. The highest BCUT2D eigenvalue weighted by Crippen LogP contribution is 2.19.